The number of fused-ring (bicyclic) bond motifs is 1. The Hall–Kier alpha value is -1.14. The molecule has 3 rings (SSSR count). The average molecular weight is 327 g/mol. The molecule has 2 heterocycles. The van der Waals surface area contributed by atoms with Crippen LogP contribution in [0.1, 0.15) is 11.3 Å². The van der Waals surface area contributed by atoms with Gasteiger partial charge in [0, 0.05) is 27.1 Å². The second-order valence-electron chi connectivity index (χ2n) is 3.99. The van der Waals surface area contributed by atoms with E-state index in [0.29, 0.717) is 21.6 Å². The summed E-state index contributed by atoms with van der Waals surface area (Å²) in [5.41, 5.74) is 1.98. The van der Waals surface area contributed by atoms with Gasteiger partial charge in [-0.05, 0) is 18.2 Å². The molecule has 3 nitrogen and oxygen atoms in total. The van der Waals surface area contributed by atoms with E-state index >= 15 is 0 Å². The zero-order valence-electron chi connectivity index (χ0n) is 9.17. The van der Waals surface area contributed by atoms with Crippen molar-refractivity contribution in [3.8, 4) is 11.4 Å². The molecule has 0 amide bonds. The molecule has 0 saturated heterocycles. The van der Waals surface area contributed by atoms with Gasteiger partial charge in [-0.25, -0.2) is 9.37 Å². The van der Waals surface area contributed by atoms with Crippen LogP contribution in [0.4, 0.5) is 4.39 Å². The standard InChI is InChI=1S/C12H8BrFN2OS/c13-7-1-6(2-8(14)3-7)11-15-10-5-18-4-9(10)12(17)16-11/h1-3H,4-5H2,(H,15,16,17). The average Bonchev–Trinajstić information content (AvgIpc) is 2.76. The number of thioether (sulfide) groups is 1. The van der Waals surface area contributed by atoms with Gasteiger partial charge in [0.1, 0.15) is 11.6 Å². The van der Waals surface area contributed by atoms with Crippen LogP contribution in [-0.4, -0.2) is 9.97 Å². The Balaban J connectivity index is 2.18. The molecule has 0 spiro atoms. The van der Waals surface area contributed by atoms with Gasteiger partial charge in [-0.15, -0.1) is 0 Å². The van der Waals surface area contributed by atoms with Crippen molar-refractivity contribution >= 4 is 27.7 Å². The van der Waals surface area contributed by atoms with Crippen LogP contribution in [0.5, 0.6) is 0 Å². The first kappa shape index (κ1) is 11.9. The molecule has 0 saturated carbocycles. The third kappa shape index (κ3) is 2.10. The SMILES string of the molecule is O=c1[nH]c(-c2cc(F)cc(Br)c2)nc2c1CSC2. The minimum atomic E-state index is -0.364. The Kier molecular flexibility index (Phi) is 2.99. The summed E-state index contributed by atoms with van der Waals surface area (Å²) in [6, 6.07) is 4.46. The molecular weight excluding hydrogens is 319 g/mol. The van der Waals surface area contributed by atoms with Gasteiger partial charge in [0.15, 0.2) is 0 Å². The van der Waals surface area contributed by atoms with Crippen molar-refractivity contribution in [3.05, 3.63) is 50.1 Å². The fraction of sp³-hybridized carbons (Fsp3) is 0.167. The number of aromatic nitrogens is 2. The molecule has 2 aromatic rings. The van der Waals surface area contributed by atoms with Crippen molar-refractivity contribution in [1.29, 1.82) is 0 Å². The number of rotatable bonds is 1. The summed E-state index contributed by atoms with van der Waals surface area (Å²) >= 11 is 4.89. The van der Waals surface area contributed by atoms with E-state index in [1.54, 1.807) is 17.8 Å². The summed E-state index contributed by atoms with van der Waals surface area (Å²) in [4.78, 5) is 19.0. The molecule has 0 radical (unpaired) electrons. The van der Waals surface area contributed by atoms with Crippen LogP contribution in [0.25, 0.3) is 11.4 Å². The highest BCUT2D eigenvalue weighted by molar-refractivity contribution is 9.10. The molecule has 92 valence electrons. The third-order valence-electron chi connectivity index (χ3n) is 2.72. The smallest absolute Gasteiger partial charge is 0.255 e. The summed E-state index contributed by atoms with van der Waals surface area (Å²) in [5.74, 6) is 1.49. The summed E-state index contributed by atoms with van der Waals surface area (Å²) in [6.07, 6.45) is 0. The molecular formula is C12H8BrFN2OS. The lowest BCUT2D eigenvalue weighted by atomic mass is 10.2. The van der Waals surface area contributed by atoms with Gasteiger partial charge >= 0.3 is 0 Å². The molecule has 6 heteroatoms. The number of halogens is 2. The molecule has 1 aromatic carbocycles. The second-order valence-corrected chi connectivity index (χ2v) is 5.89. The lowest BCUT2D eigenvalue weighted by Gasteiger charge is -2.04. The van der Waals surface area contributed by atoms with Crippen molar-refractivity contribution < 1.29 is 4.39 Å². The van der Waals surface area contributed by atoms with Gasteiger partial charge in [-0.1, -0.05) is 15.9 Å². The fourth-order valence-corrected chi connectivity index (χ4v) is 3.39. The van der Waals surface area contributed by atoms with Crippen LogP contribution in [0, 0.1) is 5.82 Å². The normalized spacial score (nSPS) is 13.7. The van der Waals surface area contributed by atoms with Gasteiger partial charge < -0.3 is 4.98 Å². The van der Waals surface area contributed by atoms with Crippen LogP contribution >= 0.6 is 27.7 Å². The summed E-state index contributed by atoms with van der Waals surface area (Å²) in [5, 5.41) is 0. The molecule has 0 aliphatic carbocycles. The van der Waals surface area contributed by atoms with E-state index in [9.17, 15) is 9.18 Å². The minimum Gasteiger partial charge on any atom is -0.306 e. The molecule has 1 N–H and O–H groups in total. The molecule has 0 unspecified atom stereocenters. The quantitative estimate of drug-likeness (QED) is 0.875. The Bertz CT molecular complexity index is 666. The number of H-pyrrole nitrogens is 1. The monoisotopic (exact) mass is 326 g/mol. The van der Waals surface area contributed by atoms with E-state index in [2.05, 4.69) is 25.9 Å². The molecule has 18 heavy (non-hydrogen) atoms. The predicted octanol–water partition coefficient (Wildman–Crippen LogP) is 3.09. The van der Waals surface area contributed by atoms with Crippen LogP contribution < -0.4 is 5.56 Å². The Morgan fingerprint density at radius 3 is 2.94 bits per heavy atom. The highest BCUT2D eigenvalue weighted by atomic mass is 79.9. The van der Waals surface area contributed by atoms with Crippen molar-refractivity contribution in [2.75, 3.05) is 0 Å². The predicted molar refractivity (Wildman–Crippen MR) is 73.0 cm³/mol. The lowest BCUT2D eigenvalue weighted by molar-refractivity contribution is 0.627. The maximum Gasteiger partial charge on any atom is 0.255 e. The second kappa shape index (κ2) is 4.51. The summed E-state index contributed by atoms with van der Waals surface area (Å²) in [7, 11) is 0. The van der Waals surface area contributed by atoms with Gasteiger partial charge in [0.05, 0.1) is 5.69 Å². The first-order valence-corrected chi connectivity index (χ1v) is 7.24. The van der Waals surface area contributed by atoms with Crippen LogP contribution in [0.2, 0.25) is 0 Å². The Labute approximate surface area is 115 Å². The maximum atomic E-state index is 13.3. The number of nitrogens with zero attached hydrogens (tertiary/aromatic N) is 1. The molecule has 1 aliphatic heterocycles. The highest BCUT2D eigenvalue weighted by Gasteiger charge is 2.18. The fourth-order valence-electron chi connectivity index (χ4n) is 1.89. The van der Waals surface area contributed by atoms with Gasteiger partial charge in [-0.3, -0.25) is 4.79 Å². The summed E-state index contributed by atoms with van der Waals surface area (Å²) in [6.45, 7) is 0. The van der Waals surface area contributed by atoms with Crippen LogP contribution in [-0.2, 0) is 11.5 Å². The number of hydrogen-bond acceptors (Lipinski definition) is 3. The third-order valence-corrected chi connectivity index (χ3v) is 4.15. The zero-order chi connectivity index (χ0) is 12.7. The topological polar surface area (TPSA) is 45.8 Å². The van der Waals surface area contributed by atoms with E-state index < -0.39 is 0 Å². The molecule has 0 bridgehead atoms. The maximum absolute atomic E-state index is 13.3. The van der Waals surface area contributed by atoms with Gasteiger partial charge in [-0.2, -0.15) is 11.8 Å². The molecule has 0 atom stereocenters. The van der Waals surface area contributed by atoms with Crippen molar-refractivity contribution in [3.63, 3.8) is 0 Å². The number of benzene rings is 1. The Morgan fingerprint density at radius 1 is 1.33 bits per heavy atom. The zero-order valence-corrected chi connectivity index (χ0v) is 11.6. The molecule has 1 aromatic heterocycles. The van der Waals surface area contributed by atoms with Crippen LogP contribution in [0.15, 0.2) is 27.5 Å². The number of aromatic amines is 1. The van der Waals surface area contributed by atoms with E-state index in [1.165, 1.54) is 12.1 Å². The first-order chi connectivity index (χ1) is 8.63. The van der Waals surface area contributed by atoms with Gasteiger partial charge in [0.2, 0.25) is 0 Å². The first-order valence-electron chi connectivity index (χ1n) is 5.30. The van der Waals surface area contributed by atoms with E-state index in [1.807, 2.05) is 0 Å². The largest absolute Gasteiger partial charge is 0.306 e. The van der Waals surface area contributed by atoms with E-state index in [0.717, 1.165) is 17.0 Å². The number of hydrogen-bond donors (Lipinski definition) is 1. The van der Waals surface area contributed by atoms with Crippen molar-refractivity contribution in [2.45, 2.75) is 11.5 Å². The molecule has 0 fully saturated rings. The summed E-state index contributed by atoms with van der Waals surface area (Å²) < 4.78 is 14.0. The van der Waals surface area contributed by atoms with E-state index in [-0.39, 0.29) is 11.4 Å². The lowest BCUT2D eigenvalue weighted by Crippen LogP contribution is -2.15. The van der Waals surface area contributed by atoms with Crippen LogP contribution in [0.3, 0.4) is 0 Å². The highest BCUT2D eigenvalue weighted by Crippen LogP contribution is 2.28. The number of nitrogens with one attached hydrogen (secondary N) is 1. The van der Waals surface area contributed by atoms with E-state index in [4.69, 9.17) is 0 Å². The van der Waals surface area contributed by atoms with Gasteiger partial charge in [0.25, 0.3) is 5.56 Å². The Morgan fingerprint density at radius 2 is 2.17 bits per heavy atom. The minimum absolute atomic E-state index is 0.125. The van der Waals surface area contributed by atoms with Crippen molar-refractivity contribution in [2.24, 2.45) is 0 Å². The molecule has 1 aliphatic rings. The van der Waals surface area contributed by atoms with Crippen molar-refractivity contribution in [1.82, 2.24) is 9.97 Å².